The van der Waals surface area contributed by atoms with Crippen LogP contribution in [-0.2, 0) is 0 Å². The first-order valence-corrected chi connectivity index (χ1v) is 7.70. The Labute approximate surface area is 118 Å². The normalized spacial score (nSPS) is 14.6. The number of aliphatic imine (C=N–C) groups is 1. The van der Waals surface area contributed by atoms with Crippen molar-refractivity contribution >= 4 is 33.9 Å². The monoisotopic (exact) mass is 290 g/mol. The van der Waals surface area contributed by atoms with Crippen LogP contribution in [0.25, 0.3) is 11.3 Å². The third-order valence-corrected chi connectivity index (χ3v) is 4.90. The fourth-order valence-electron chi connectivity index (χ4n) is 1.62. The summed E-state index contributed by atoms with van der Waals surface area (Å²) in [6, 6.07) is 11.0. The van der Waals surface area contributed by atoms with Gasteiger partial charge in [-0.25, -0.2) is 0 Å². The zero-order chi connectivity index (χ0) is 13.1. The molecule has 2 aromatic rings. The molecule has 0 N–H and O–H groups in total. The fourth-order valence-corrected chi connectivity index (χ4v) is 3.76. The van der Waals surface area contributed by atoms with Crippen LogP contribution >= 0.6 is 23.5 Å². The Balaban J connectivity index is 2.01. The summed E-state index contributed by atoms with van der Waals surface area (Å²) < 4.78 is 6.48. The van der Waals surface area contributed by atoms with Crippen molar-refractivity contribution in [3.05, 3.63) is 46.8 Å². The quantitative estimate of drug-likeness (QED) is 0.850. The van der Waals surface area contributed by atoms with Gasteiger partial charge in [0.15, 0.2) is 0 Å². The van der Waals surface area contributed by atoms with Gasteiger partial charge in [0, 0.05) is 23.1 Å². The lowest BCUT2D eigenvalue weighted by molar-refractivity contribution is 0.553. The summed E-state index contributed by atoms with van der Waals surface area (Å²) in [4.78, 5) is 19.7. The minimum atomic E-state index is -0.336. The first kappa shape index (κ1) is 12.5. The van der Waals surface area contributed by atoms with E-state index in [2.05, 4.69) is 9.98 Å². The summed E-state index contributed by atoms with van der Waals surface area (Å²) in [5.41, 5.74) is 0.507. The van der Waals surface area contributed by atoms with Gasteiger partial charge in [-0.1, -0.05) is 53.9 Å². The number of benzene rings is 1. The minimum absolute atomic E-state index is 0.128. The smallest absolute Gasteiger partial charge is 0.327 e. The van der Waals surface area contributed by atoms with Crippen LogP contribution in [0.4, 0.5) is 6.01 Å². The molecule has 1 saturated heterocycles. The molecule has 96 valence electrons. The highest BCUT2D eigenvalue weighted by atomic mass is 32.2. The van der Waals surface area contributed by atoms with Gasteiger partial charge in [0.25, 0.3) is 5.56 Å². The highest BCUT2D eigenvalue weighted by Crippen LogP contribution is 2.29. The number of hydrogen-bond donors (Lipinski definition) is 0. The third kappa shape index (κ3) is 3.08. The van der Waals surface area contributed by atoms with Crippen molar-refractivity contribution in [1.29, 1.82) is 0 Å². The number of nitrogens with zero attached hydrogens (tertiary/aromatic N) is 2. The molecule has 0 saturated carbocycles. The van der Waals surface area contributed by atoms with Crippen molar-refractivity contribution in [2.75, 3.05) is 11.5 Å². The standard InChI is InChI=1S/C13H10N2O2S2/c16-11-8-10(9-4-2-1-3-5-9)17-12(14-11)15-13-18-6-7-19-13/h1-5,8H,6-7H2. The summed E-state index contributed by atoms with van der Waals surface area (Å²) in [6.07, 6.45) is 0. The van der Waals surface area contributed by atoms with Gasteiger partial charge >= 0.3 is 6.01 Å². The Morgan fingerprint density at radius 1 is 1.16 bits per heavy atom. The summed E-state index contributed by atoms with van der Waals surface area (Å²) in [7, 11) is 0. The molecule has 1 fully saturated rings. The average Bonchev–Trinajstić information content (AvgIpc) is 2.92. The van der Waals surface area contributed by atoms with Crippen molar-refractivity contribution in [3.63, 3.8) is 0 Å². The maximum Gasteiger partial charge on any atom is 0.327 e. The SMILES string of the molecule is O=c1cc(-c2ccccc2)oc(N=C2SCCS2)n1. The second-order valence-corrected chi connectivity index (χ2v) is 6.21. The van der Waals surface area contributed by atoms with Gasteiger partial charge in [-0.05, 0) is 0 Å². The molecule has 4 nitrogen and oxygen atoms in total. The van der Waals surface area contributed by atoms with Crippen LogP contribution < -0.4 is 5.56 Å². The lowest BCUT2D eigenvalue weighted by Gasteiger charge is -2.00. The molecule has 0 unspecified atom stereocenters. The molecule has 1 aliphatic heterocycles. The van der Waals surface area contributed by atoms with E-state index in [1.807, 2.05) is 30.3 Å². The Hall–Kier alpha value is -1.53. The van der Waals surface area contributed by atoms with Crippen LogP contribution in [0.1, 0.15) is 0 Å². The Bertz CT molecular complexity index is 660. The first-order chi connectivity index (χ1) is 9.31. The maximum atomic E-state index is 11.6. The van der Waals surface area contributed by atoms with E-state index >= 15 is 0 Å². The topological polar surface area (TPSA) is 55.5 Å². The van der Waals surface area contributed by atoms with E-state index in [0.717, 1.165) is 21.4 Å². The Kier molecular flexibility index (Phi) is 3.70. The van der Waals surface area contributed by atoms with Gasteiger partial charge in [0.05, 0.1) is 0 Å². The van der Waals surface area contributed by atoms with E-state index in [1.54, 1.807) is 23.5 Å². The maximum absolute atomic E-state index is 11.6. The molecule has 0 atom stereocenters. The van der Waals surface area contributed by atoms with Crippen LogP contribution in [0.5, 0.6) is 0 Å². The van der Waals surface area contributed by atoms with E-state index in [-0.39, 0.29) is 11.6 Å². The van der Waals surface area contributed by atoms with Gasteiger partial charge in [0.2, 0.25) is 0 Å². The van der Waals surface area contributed by atoms with E-state index < -0.39 is 0 Å². The number of thioether (sulfide) groups is 2. The predicted molar refractivity (Wildman–Crippen MR) is 80.2 cm³/mol. The zero-order valence-corrected chi connectivity index (χ0v) is 11.5. The van der Waals surface area contributed by atoms with Gasteiger partial charge in [0.1, 0.15) is 10.1 Å². The van der Waals surface area contributed by atoms with E-state index in [4.69, 9.17) is 4.42 Å². The summed E-state index contributed by atoms with van der Waals surface area (Å²) in [5, 5.41) is 0. The van der Waals surface area contributed by atoms with Gasteiger partial charge in [-0.15, -0.1) is 0 Å². The van der Waals surface area contributed by atoms with E-state index in [1.165, 1.54) is 6.07 Å². The molecule has 3 rings (SSSR count). The first-order valence-electron chi connectivity index (χ1n) is 5.73. The summed E-state index contributed by atoms with van der Waals surface area (Å²) in [5.74, 6) is 2.56. The molecule has 19 heavy (non-hydrogen) atoms. The van der Waals surface area contributed by atoms with Crippen LogP contribution in [-0.4, -0.2) is 20.9 Å². The number of hydrogen-bond acceptors (Lipinski definition) is 6. The van der Waals surface area contributed by atoms with E-state index in [9.17, 15) is 4.79 Å². The molecular formula is C13H10N2O2S2. The molecule has 1 aromatic carbocycles. The van der Waals surface area contributed by atoms with Crippen molar-refractivity contribution in [3.8, 4) is 11.3 Å². The van der Waals surface area contributed by atoms with E-state index in [0.29, 0.717) is 5.76 Å². The largest absolute Gasteiger partial charge is 0.423 e. The zero-order valence-electron chi connectivity index (χ0n) is 9.91. The molecule has 0 spiro atoms. The Morgan fingerprint density at radius 2 is 1.89 bits per heavy atom. The summed E-state index contributed by atoms with van der Waals surface area (Å²) in [6.45, 7) is 0. The minimum Gasteiger partial charge on any atom is -0.423 e. The van der Waals surface area contributed by atoms with Gasteiger partial charge < -0.3 is 4.42 Å². The highest BCUT2D eigenvalue weighted by molar-refractivity contribution is 8.41. The number of rotatable bonds is 2. The molecule has 0 bridgehead atoms. The van der Waals surface area contributed by atoms with Gasteiger partial charge in [-0.3, -0.25) is 4.79 Å². The molecule has 1 aromatic heterocycles. The average molecular weight is 290 g/mol. The van der Waals surface area contributed by atoms with Crippen molar-refractivity contribution < 1.29 is 4.42 Å². The highest BCUT2D eigenvalue weighted by Gasteiger charge is 2.12. The van der Waals surface area contributed by atoms with Gasteiger partial charge in [-0.2, -0.15) is 9.98 Å². The van der Waals surface area contributed by atoms with Crippen LogP contribution in [0.3, 0.4) is 0 Å². The molecule has 0 amide bonds. The predicted octanol–water partition coefficient (Wildman–Crippen LogP) is 3.17. The number of aromatic nitrogens is 1. The van der Waals surface area contributed by atoms with Crippen LogP contribution in [0.15, 0.2) is 50.6 Å². The lowest BCUT2D eigenvalue weighted by atomic mass is 10.2. The van der Waals surface area contributed by atoms with Crippen LogP contribution in [0.2, 0.25) is 0 Å². The second kappa shape index (κ2) is 5.63. The Morgan fingerprint density at radius 3 is 2.63 bits per heavy atom. The second-order valence-electron chi connectivity index (χ2n) is 3.78. The molecule has 0 aliphatic carbocycles. The van der Waals surface area contributed by atoms with Crippen molar-refractivity contribution in [2.24, 2.45) is 4.99 Å². The molecule has 0 radical (unpaired) electrons. The van der Waals surface area contributed by atoms with Crippen LogP contribution in [0, 0.1) is 0 Å². The van der Waals surface area contributed by atoms with Crippen molar-refractivity contribution in [1.82, 2.24) is 4.98 Å². The third-order valence-electron chi connectivity index (χ3n) is 2.44. The van der Waals surface area contributed by atoms with Crippen molar-refractivity contribution in [2.45, 2.75) is 0 Å². The summed E-state index contributed by atoms with van der Waals surface area (Å²) >= 11 is 3.31. The molecule has 6 heteroatoms. The molecular weight excluding hydrogens is 280 g/mol. The lowest BCUT2D eigenvalue weighted by Crippen LogP contribution is -2.03. The molecule has 1 aliphatic rings. The molecule has 2 heterocycles. The fraction of sp³-hybridized carbons (Fsp3) is 0.154.